The molecule has 0 spiro atoms. The van der Waals surface area contributed by atoms with Crippen LogP contribution in [-0.2, 0) is 16.1 Å². The lowest BCUT2D eigenvalue weighted by Gasteiger charge is -2.14. The van der Waals surface area contributed by atoms with Crippen molar-refractivity contribution in [3.05, 3.63) is 54.6 Å². The van der Waals surface area contributed by atoms with Crippen molar-refractivity contribution in [3.63, 3.8) is 0 Å². The lowest BCUT2D eigenvalue weighted by molar-refractivity contribution is -0.133. The van der Waals surface area contributed by atoms with E-state index in [1.54, 1.807) is 13.2 Å². The van der Waals surface area contributed by atoms with Crippen molar-refractivity contribution < 1.29 is 19.4 Å². The van der Waals surface area contributed by atoms with Gasteiger partial charge in [-0.1, -0.05) is 24.8 Å². The molecule has 0 saturated carbocycles. The van der Waals surface area contributed by atoms with Crippen LogP contribution in [-0.4, -0.2) is 24.3 Å². The van der Waals surface area contributed by atoms with Crippen molar-refractivity contribution in [3.8, 4) is 5.75 Å². The Kier molecular flexibility index (Phi) is 5.82. The van der Waals surface area contributed by atoms with Gasteiger partial charge >= 0.3 is 5.97 Å². The maximum absolute atomic E-state index is 10.7. The molecule has 0 aliphatic heterocycles. The van der Waals surface area contributed by atoms with E-state index in [0.717, 1.165) is 11.3 Å². The first-order chi connectivity index (χ1) is 9.06. The maximum Gasteiger partial charge on any atom is 0.331 e. The molecular weight excluding hydrogens is 244 g/mol. The smallest absolute Gasteiger partial charge is 0.331 e. The lowest BCUT2D eigenvalue weighted by atomic mass is 10.1. The summed E-state index contributed by atoms with van der Waals surface area (Å²) < 4.78 is 10.6. The molecule has 1 aromatic rings. The molecule has 1 atom stereocenters. The molecule has 1 rings (SSSR count). The number of benzene rings is 1. The Morgan fingerprint density at radius 2 is 2.05 bits per heavy atom. The highest BCUT2D eigenvalue weighted by molar-refractivity contribution is 5.85. The number of hydrogen-bond donors (Lipinski definition) is 1. The highest BCUT2D eigenvalue weighted by Gasteiger charge is 2.11. The number of hydrogen-bond acceptors (Lipinski definition) is 3. The van der Waals surface area contributed by atoms with Crippen LogP contribution in [0.25, 0.3) is 0 Å². The van der Waals surface area contributed by atoms with Crippen LogP contribution >= 0.6 is 0 Å². The van der Waals surface area contributed by atoms with Crippen molar-refractivity contribution in [2.24, 2.45) is 0 Å². The zero-order valence-corrected chi connectivity index (χ0v) is 11.0. The van der Waals surface area contributed by atoms with Crippen molar-refractivity contribution in [2.75, 3.05) is 7.11 Å². The summed E-state index contributed by atoms with van der Waals surface area (Å²) in [5.74, 6) is -0.233. The van der Waals surface area contributed by atoms with Gasteiger partial charge in [-0.25, -0.2) is 4.79 Å². The van der Waals surface area contributed by atoms with Crippen molar-refractivity contribution in [1.82, 2.24) is 0 Å². The van der Waals surface area contributed by atoms with Gasteiger partial charge in [0.2, 0.25) is 0 Å². The summed E-state index contributed by atoms with van der Waals surface area (Å²) in [6.07, 6.45) is 1.46. The molecule has 0 amide bonds. The van der Waals surface area contributed by atoms with E-state index in [1.165, 1.54) is 0 Å². The van der Waals surface area contributed by atoms with E-state index in [-0.39, 0.29) is 18.1 Å². The third-order valence-electron chi connectivity index (χ3n) is 2.64. The van der Waals surface area contributed by atoms with Crippen LogP contribution in [0, 0.1) is 0 Å². The number of aliphatic carboxylic acids is 1. The molecule has 0 aliphatic carbocycles. The zero-order chi connectivity index (χ0) is 14.3. The number of methoxy groups -OCH3 is 1. The molecule has 0 bridgehead atoms. The van der Waals surface area contributed by atoms with Crippen LogP contribution in [0.5, 0.6) is 5.75 Å². The van der Waals surface area contributed by atoms with Gasteiger partial charge in [0.15, 0.2) is 0 Å². The highest BCUT2D eigenvalue weighted by Crippen LogP contribution is 2.14. The number of rotatable bonds is 8. The first-order valence-corrected chi connectivity index (χ1v) is 5.85. The number of carbonyl (C=O) groups is 1. The third kappa shape index (κ3) is 4.97. The second kappa shape index (κ2) is 7.38. The number of carboxylic acid groups (broad SMARTS) is 1. The Hall–Kier alpha value is -2.07. The molecule has 0 heterocycles. The first-order valence-electron chi connectivity index (χ1n) is 5.85. The number of carboxylic acids is 1. The van der Waals surface area contributed by atoms with Gasteiger partial charge in [-0.3, -0.25) is 0 Å². The molecule has 1 N–H and O–H groups in total. The Balaban J connectivity index is 2.50. The zero-order valence-electron chi connectivity index (χ0n) is 11.0. The van der Waals surface area contributed by atoms with Crippen molar-refractivity contribution >= 4 is 5.97 Å². The van der Waals surface area contributed by atoms with Crippen LogP contribution in [0.15, 0.2) is 49.1 Å². The summed E-state index contributed by atoms with van der Waals surface area (Å²) in [5, 5.41) is 8.77. The van der Waals surface area contributed by atoms with Crippen molar-refractivity contribution in [2.45, 2.75) is 19.1 Å². The van der Waals surface area contributed by atoms with Crippen LogP contribution in [0.2, 0.25) is 0 Å². The van der Waals surface area contributed by atoms with E-state index in [1.807, 2.05) is 24.3 Å². The van der Waals surface area contributed by atoms with Crippen LogP contribution in [0.3, 0.4) is 0 Å². The molecule has 0 saturated heterocycles. The summed E-state index contributed by atoms with van der Waals surface area (Å²) in [4.78, 5) is 10.7. The van der Waals surface area contributed by atoms with Crippen LogP contribution in [0.1, 0.15) is 12.0 Å². The maximum atomic E-state index is 10.7. The first kappa shape index (κ1) is 15.0. The largest absolute Gasteiger partial charge is 0.497 e. The molecule has 19 heavy (non-hydrogen) atoms. The molecule has 4 nitrogen and oxygen atoms in total. The lowest BCUT2D eigenvalue weighted by Crippen LogP contribution is -2.13. The highest BCUT2D eigenvalue weighted by atomic mass is 16.5. The van der Waals surface area contributed by atoms with E-state index >= 15 is 0 Å². The standard InChI is InChI=1S/C15H18O4/c1-4-13(9-11(2)15(16)17)19-10-12-5-7-14(18-3)8-6-12/h4-8,13H,1-2,9-10H2,3H3,(H,16,17)/t13-/m1/s1. The van der Waals surface area contributed by atoms with Gasteiger partial charge in [-0.15, -0.1) is 6.58 Å². The quantitative estimate of drug-likeness (QED) is 0.578. The molecule has 0 unspecified atom stereocenters. The van der Waals surface area contributed by atoms with Crippen molar-refractivity contribution in [1.29, 1.82) is 0 Å². The summed E-state index contributed by atoms with van der Waals surface area (Å²) in [7, 11) is 1.61. The van der Waals surface area contributed by atoms with E-state index < -0.39 is 5.97 Å². The minimum absolute atomic E-state index is 0.111. The van der Waals surface area contributed by atoms with Gasteiger partial charge < -0.3 is 14.6 Å². The van der Waals surface area contributed by atoms with Gasteiger partial charge in [-0.05, 0) is 17.7 Å². The molecular formula is C15H18O4. The van der Waals surface area contributed by atoms with Crippen LogP contribution in [0.4, 0.5) is 0 Å². The average Bonchev–Trinajstić information content (AvgIpc) is 2.43. The molecule has 0 aromatic heterocycles. The van der Waals surface area contributed by atoms with Gasteiger partial charge in [-0.2, -0.15) is 0 Å². The Morgan fingerprint density at radius 3 is 2.53 bits per heavy atom. The summed E-state index contributed by atoms with van der Waals surface area (Å²) in [6.45, 7) is 7.49. The van der Waals surface area contributed by atoms with Gasteiger partial charge in [0.25, 0.3) is 0 Å². The fraction of sp³-hybridized carbons (Fsp3) is 0.267. The second-order valence-corrected chi connectivity index (χ2v) is 4.05. The monoisotopic (exact) mass is 262 g/mol. The summed E-state index contributed by atoms with van der Waals surface area (Å²) >= 11 is 0. The average molecular weight is 262 g/mol. The van der Waals surface area contributed by atoms with Gasteiger partial charge in [0.1, 0.15) is 5.75 Å². The summed E-state index contributed by atoms with van der Waals surface area (Å²) in [6, 6.07) is 7.48. The summed E-state index contributed by atoms with van der Waals surface area (Å²) in [5.41, 5.74) is 1.09. The minimum Gasteiger partial charge on any atom is -0.497 e. The van der Waals surface area contributed by atoms with Crippen LogP contribution < -0.4 is 4.74 Å². The molecule has 1 aromatic carbocycles. The van der Waals surface area contributed by atoms with E-state index in [2.05, 4.69) is 13.2 Å². The Morgan fingerprint density at radius 1 is 1.42 bits per heavy atom. The Labute approximate surface area is 113 Å². The third-order valence-corrected chi connectivity index (χ3v) is 2.64. The van der Waals surface area contributed by atoms with E-state index in [9.17, 15) is 4.79 Å². The minimum atomic E-state index is -1.01. The molecule has 0 fully saturated rings. The fourth-order valence-corrected chi connectivity index (χ4v) is 1.47. The predicted octanol–water partition coefficient (Wildman–Crippen LogP) is 2.80. The number of ether oxygens (including phenoxy) is 2. The molecule has 4 heteroatoms. The topological polar surface area (TPSA) is 55.8 Å². The molecule has 102 valence electrons. The second-order valence-electron chi connectivity index (χ2n) is 4.05. The molecule has 0 radical (unpaired) electrons. The SMILES string of the molecule is C=C[C@H](CC(=C)C(=O)O)OCc1ccc(OC)cc1. The van der Waals surface area contributed by atoms with Gasteiger partial charge in [0, 0.05) is 12.0 Å². The molecule has 0 aliphatic rings. The van der Waals surface area contributed by atoms with E-state index in [0.29, 0.717) is 6.61 Å². The fourth-order valence-electron chi connectivity index (χ4n) is 1.47. The predicted molar refractivity (Wildman–Crippen MR) is 73.2 cm³/mol. The Bertz CT molecular complexity index is 448. The normalized spacial score (nSPS) is 11.6. The van der Waals surface area contributed by atoms with E-state index in [4.69, 9.17) is 14.6 Å². The van der Waals surface area contributed by atoms with Gasteiger partial charge in [0.05, 0.1) is 19.8 Å².